The number of halogens is 1. The van der Waals surface area contributed by atoms with Crippen LogP contribution in [0.25, 0.3) is 11.4 Å². The zero-order valence-electron chi connectivity index (χ0n) is 12.6. The van der Waals surface area contributed by atoms with E-state index in [0.29, 0.717) is 5.82 Å². The molecule has 0 unspecified atom stereocenters. The van der Waals surface area contributed by atoms with Crippen LogP contribution in [0.4, 0.5) is 0 Å². The highest BCUT2D eigenvalue weighted by molar-refractivity contribution is 9.10. The number of carbonyl (C=O) groups is 1. The molecule has 0 spiro atoms. The Balaban J connectivity index is 2.08. The minimum absolute atomic E-state index is 0.0681. The molecule has 0 radical (unpaired) electrons. The largest absolute Gasteiger partial charge is 0.442 e. The van der Waals surface area contributed by atoms with E-state index in [2.05, 4.69) is 26.0 Å². The third-order valence-corrected chi connectivity index (χ3v) is 3.78. The molecule has 0 aliphatic carbocycles. The number of aryl methyl sites for hydroxylation is 1. The van der Waals surface area contributed by atoms with E-state index in [1.807, 2.05) is 45.9 Å². The Labute approximate surface area is 132 Å². The van der Waals surface area contributed by atoms with Gasteiger partial charge in [0.1, 0.15) is 6.33 Å². The maximum Gasteiger partial charge on any atom is 0.313 e. The predicted molar refractivity (Wildman–Crippen MR) is 83.4 cm³/mol. The van der Waals surface area contributed by atoms with Crippen molar-refractivity contribution in [2.45, 2.75) is 34.4 Å². The predicted octanol–water partition coefficient (Wildman–Crippen LogP) is 3.56. The molecule has 0 amide bonds. The molecule has 0 saturated carbocycles. The van der Waals surface area contributed by atoms with E-state index < -0.39 is 5.41 Å². The van der Waals surface area contributed by atoms with E-state index >= 15 is 0 Å². The van der Waals surface area contributed by atoms with Crippen LogP contribution in [0.2, 0.25) is 0 Å². The molecular weight excluding hydrogens is 334 g/mol. The van der Waals surface area contributed by atoms with Crippen LogP contribution in [0.5, 0.6) is 0 Å². The molecule has 1 aromatic heterocycles. The third-order valence-electron chi connectivity index (χ3n) is 2.89. The summed E-state index contributed by atoms with van der Waals surface area (Å²) in [5.41, 5.74) is 1.52. The fraction of sp³-hybridized carbons (Fsp3) is 0.400. The minimum atomic E-state index is -0.522. The van der Waals surface area contributed by atoms with Gasteiger partial charge in [0.15, 0.2) is 12.6 Å². The Bertz CT molecular complexity index is 659. The van der Waals surface area contributed by atoms with Gasteiger partial charge in [-0.3, -0.25) is 4.79 Å². The quantitative estimate of drug-likeness (QED) is 0.793. The van der Waals surface area contributed by atoms with Crippen LogP contribution in [-0.4, -0.2) is 20.7 Å². The Morgan fingerprint density at radius 2 is 2.10 bits per heavy atom. The SMILES string of the molecule is Cc1cc(-c2ncn(COC(=O)C(C)(C)C)n2)ccc1Br. The molecule has 5 nitrogen and oxygen atoms in total. The lowest BCUT2D eigenvalue weighted by Crippen LogP contribution is -2.24. The Hall–Kier alpha value is -1.69. The van der Waals surface area contributed by atoms with Crippen LogP contribution in [0, 0.1) is 12.3 Å². The number of benzene rings is 1. The van der Waals surface area contributed by atoms with Crippen molar-refractivity contribution >= 4 is 21.9 Å². The lowest BCUT2D eigenvalue weighted by atomic mass is 9.98. The number of esters is 1. The van der Waals surface area contributed by atoms with Crippen LogP contribution in [0.1, 0.15) is 26.3 Å². The number of aromatic nitrogens is 3. The third kappa shape index (κ3) is 3.91. The standard InChI is InChI=1S/C15H18BrN3O2/c1-10-7-11(5-6-12(10)16)13-17-8-19(18-13)9-21-14(20)15(2,3)4/h5-8H,9H2,1-4H3. The Morgan fingerprint density at radius 3 is 2.71 bits per heavy atom. The molecular formula is C15H18BrN3O2. The van der Waals surface area contributed by atoms with Gasteiger partial charge in [-0.25, -0.2) is 9.67 Å². The second kappa shape index (κ2) is 5.97. The lowest BCUT2D eigenvalue weighted by molar-refractivity contribution is -0.157. The summed E-state index contributed by atoms with van der Waals surface area (Å²) >= 11 is 3.46. The summed E-state index contributed by atoms with van der Waals surface area (Å²) in [5.74, 6) is 0.344. The highest BCUT2D eigenvalue weighted by Gasteiger charge is 2.23. The second-order valence-corrected chi connectivity index (χ2v) is 6.74. The van der Waals surface area contributed by atoms with Gasteiger partial charge in [0.05, 0.1) is 5.41 Å². The highest BCUT2D eigenvalue weighted by atomic mass is 79.9. The number of carbonyl (C=O) groups excluding carboxylic acids is 1. The first-order valence-corrected chi connectivity index (χ1v) is 7.40. The van der Waals surface area contributed by atoms with Crippen molar-refractivity contribution in [3.05, 3.63) is 34.6 Å². The Morgan fingerprint density at radius 1 is 1.38 bits per heavy atom. The van der Waals surface area contributed by atoms with Gasteiger partial charge in [0.2, 0.25) is 0 Å². The summed E-state index contributed by atoms with van der Waals surface area (Å²) in [4.78, 5) is 16.0. The summed E-state index contributed by atoms with van der Waals surface area (Å²) < 4.78 is 7.75. The summed E-state index contributed by atoms with van der Waals surface area (Å²) in [6, 6.07) is 5.91. The van der Waals surface area contributed by atoms with Crippen LogP contribution in [0.3, 0.4) is 0 Å². The van der Waals surface area contributed by atoms with E-state index in [-0.39, 0.29) is 12.7 Å². The lowest BCUT2D eigenvalue weighted by Gasteiger charge is -2.16. The molecule has 0 saturated heterocycles. The van der Waals surface area contributed by atoms with Crippen molar-refractivity contribution in [3.63, 3.8) is 0 Å². The average molecular weight is 352 g/mol. The van der Waals surface area contributed by atoms with Crippen LogP contribution in [-0.2, 0) is 16.3 Å². The average Bonchev–Trinajstić information content (AvgIpc) is 2.87. The number of hydrogen-bond acceptors (Lipinski definition) is 4. The molecule has 6 heteroatoms. The molecule has 0 atom stereocenters. The molecule has 0 N–H and O–H groups in total. The van der Waals surface area contributed by atoms with Gasteiger partial charge in [-0.2, -0.15) is 0 Å². The molecule has 2 rings (SSSR count). The molecule has 1 heterocycles. The second-order valence-electron chi connectivity index (χ2n) is 5.88. The van der Waals surface area contributed by atoms with Crippen molar-refractivity contribution in [2.75, 3.05) is 0 Å². The first kappa shape index (κ1) is 15.7. The van der Waals surface area contributed by atoms with Crippen molar-refractivity contribution in [1.82, 2.24) is 14.8 Å². The van der Waals surface area contributed by atoms with Gasteiger partial charge in [-0.05, 0) is 51.5 Å². The van der Waals surface area contributed by atoms with Gasteiger partial charge in [-0.15, -0.1) is 5.10 Å². The van der Waals surface area contributed by atoms with E-state index in [9.17, 15) is 4.79 Å². The molecule has 0 aliphatic heterocycles. The van der Waals surface area contributed by atoms with E-state index in [4.69, 9.17) is 4.74 Å². The van der Waals surface area contributed by atoms with Crippen LogP contribution in [0.15, 0.2) is 29.0 Å². The number of hydrogen-bond donors (Lipinski definition) is 0. The number of rotatable bonds is 3. The van der Waals surface area contributed by atoms with Crippen LogP contribution < -0.4 is 0 Å². The monoisotopic (exact) mass is 351 g/mol. The van der Waals surface area contributed by atoms with E-state index in [1.165, 1.54) is 4.68 Å². The summed E-state index contributed by atoms with van der Waals surface area (Å²) in [6.07, 6.45) is 1.56. The van der Waals surface area contributed by atoms with Gasteiger partial charge in [0.25, 0.3) is 0 Å². The maximum absolute atomic E-state index is 11.7. The van der Waals surface area contributed by atoms with Crippen molar-refractivity contribution in [1.29, 1.82) is 0 Å². The van der Waals surface area contributed by atoms with Crippen molar-refractivity contribution < 1.29 is 9.53 Å². The molecule has 0 fully saturated rings. The first-order chi connectivity index (χ1) is 9.77. The summed E-state index contributed by atoms with van der Waals surface area (Å²) in [5, 5.41) is 4.32. The molecule has 2 aromatic rings. The number of ether oxygens (including phenoxy) is 1. The zero-order chi connectivity index (χ0) is 15.6. The van der Waals surface area contributed by atoms with E-state index in [1.54, 1.807) is 6.33 Å². The van der Waals surface area contributed by atoms with Gasteiger partial charge < -0.3 is 4.74 Å². The fourth-order valence-electron chi connectivity index (χ4n) is 1.61. The first-order valence-electron chi connectivity index (χ1n) is 6.60. The number of nitrogens with zero attached hydrogens (tertiary/aromatic N) is 3. The minimum Gasteiger partial charge on any atom is -0.442 e. The molecule has 21 heavy (non-hydrogen) atoms. The van der Waals surface area contributed by atoms with Crippen molar-refractivity contribution in [3.8, 4) is 11.4 Å². The van der Waals surface area contributed by atoms with E-state index in [0.717, 1.165) is 15.6 Å². The summed E-state index contributed by atoms with van der Waals surface area (Å²) in [6.45, 7) is 7.51. The smallest absolute Gasteiger partial charge is 0.313 e. The van der Waals surface area contributed by atoms with Crippen LogP contribution >= 0.6 is 15.9 Å². The molecule has 1 aromatic carbocycles. The summed E-state index contributed by atoms with van der Waals surface area (Å²) in [7, 11) is 0. The van der Waals surface area contributed by atoms with Gasteiger partial charge >= 0.3 is 5.97 Å². The van der Waals surface area contributed by atoms with Crippen molar-refractivity contribution in [2.24, 2.45) is 5.41 Å². The van der Waals surface area contributed by atoms with Gasteiger partial charge in [-0.1, -0.05) is 15.9 Å². The maximum atomic E-state index is 11.7. The highest BCUT2D eigenvalue weighted by Crippen LogP contribution is 2.22. The molecule has 0 bridgehead atoms. The normalized spacial score (nSPS) is 11.5. The Kier molecular flexibility index (Phi) is 4.46. The molecule has 0 aliphatic rings. The zero-order valence-corrected chi connectivity index (χ0v) is 14.1. The molecule has 112 valence electrons. The fourth-order valence-corrected chi connectivity index (χ4v) is 1.86. The topological polar surface area (TPSA) is 57.0 Å². The van der Waals surface area contributed by atoms with Gasteiger partial charge in [0, 0.05) is 10.0 Å².